The molecule has 0 unspecified atom stereocenters. The molecule has 2 aromatic rings. The number of azo groups is 1. The lowest BCUT2D eigenvalue weighted by atomic mass is 10.2. The Balaban J connectivity index is 2.16. The molecule has 1 fully saturated rings. The standard InChI is InChI=1S/C14H13F2N3O3S/c1-22-4-11(20)17-18-12-9-2-7(15)3-10(16)13(9)19(14(12)21)8-5-23-6-8/h2-3,8,21H,4-6H2,1H3. The summed E-state index contributed by atoms with van der Waals surface area (Å²) in [5, 5.41) is 17.5. The number of carbonyl (C=O) groups excluding carboxylic acids is 1. The minimum absolute atomic E-state index is 0.0577. The van der Waals surface area contributed by atoms with E-state index in [9.17, 15) is 18.7 Å². The Hall–Kier alpha value is -2.00. The summed E-state index contributed by atoms with van der Waals surface area (Å²) in [7, 11) is 1.33. The number of methoxy groups -OCH3 is 1. The topological polar surface area (TPSA) is 76.2 Å². The molecule has 23 heavy (non-hydrogen) atoms. The second kappa shape index (κ2) is 6.25. The van der Waals surface area contributed by atoms with Crippen molar-refractivity contribution in [1.29, 1.82) is 0 Å². The number of halogens is 2. The molecule has 9 heteroatoms. The first kappa shape index (κ1) is 15.9. The van der Waals surface area contributed by atoms with Gasteiger partial charge in [0.1, 0.15) is 12.4 Å². The molecule has 1 aliphatic heterocycles. The Bertz CT molecular complexity index is 802. The predicted octanol–water partition coefficient (Wildman–Crippen LogP) is 3.17. The van der Waals surface area contributed by atoms with E-state index in [1.807, 2.05) is 0 Å². The lowest BCUT2D eigenvalue weighted by molar-refractivity contribution is -0.121. The molecule has 0 bridgehead atoms. The maximum atomic E-state index is 14.2. The Morgan fingerprint density at radius 2 is 2.22 bits per heavy atom. The Morgan fingerprint density at radius 1 is 1.48 bits per heavy atom. The van der Waals surface area contributed by atoms with Gasteiger partial charge in [0.05, 0.1) is 11.6 Å². The monoisotopic (exact) mass is 341 g/mol. The number of ether oxygens (including phenoxy) is 1. The third-order valence-corrected chi connectivity index (χ3v) is 4.72. The second-order valence-electron chi connectivity index (χ2n) is 5.04. The highest BCUT2D eigenvalue weighted by molar-refractivity contribution is 8.00. The summed E-state index contributed by atoms with van der Waals surface area (Å²) < 4.78 is 33.8. The van der Waals surface area contributed by atoms with Crippen molar-refractivity contribution in [2.24, 2.45) is 10.2 Å². The number of nitrogens with zero attached hydrogens (tertiary/aromatic N) is 3. The molecule has 6 nitrogen and oxygen atoms in total. The zero-order chi connectivity index (χ0) is 16.6. The highest BCUT2D eigenvalue weighted by atomic mass is 32.2. The molecule has 1 N–H and O–H groups in total. The number of fused-ring (bicyclic) bond motifs is 1. The summed E-state index contributed by atoms with van der Waals surface area (Å²) in [4.78, 5) is 11.4. The molecule has 0 aliphatic carbocycles. The molecule has 0 radical (unpaired) electrons. The summed E-state index contributed by atoms with van der Waals surface area (Å²) in [6.07, 6.45) is 0. The van der Waals surface area contributed by atoms with Gasteiger partial charge in [0.25, 0.3) is 5.91 Å². The van der Waals surface area contributed by atoms with Gasteiger partial charge in [-0.05, 0) is 6.07 Å². The Kier molecular flexibility index (Phi) is 4.31. The van der Waals surface area contributed by atoms with Gasteiger partial charge in [-0.2, -0.15) is 11.8 Å². The van der Waals surface area contributed by atoms with Crippen molar-refractivity contribution in [2.45, 2.75) is 6.04 Å². The zero-order valence-corrected chi connectivity index (χ0v) is 12.9. The predicted molar refractivity (Wildman–Crippen MR) is 81.3 cm³/mol. The fourth-order valence-corrected chi connectivity index (χ4v) is 3.16. The average molecular weight is 341 g/mol. The van der Waals surface area contributed by atoms with Crippen molar-refractivity contribution >= 4 is 34.3 Å². The molecule has 0 spiro atoms. The summed E-state index contributed by atoms with van der Waals surface area (Å²) >= 11 is 1.65. The quantitative estimate of drug-likeness (QED) is 0.867. The first-order chi connectivity index (χ1) is 11.0. The van der Waals surface area contributed by atoms with Gasteiger partial charge in [0.15, 0.2) is 11.5 Å². The summed E-state index contributed by atoms with van der Waals surface area (Å²) in [6, 6.07) is 1.71. The largest absolute Gasteiger partial charge is 0.493 e. The van der Waals surface area contributed by atoms with Crippen molar-refractivity contribution in [3.8, 4) is 5.88 Å². The third-order valence-electron chi connectivity index (χ3n) is 3.48. The molecule has 1 aromatic heterocycles. The Labute approximate surface area is 134 Å². The summed E-state index contributed by atoms with van der Waals surface area (Å²) in [5.74, 6) is -1.18. The highest BCUT2D eigenvalue weighted by Gasteiger charge is 2.29. The van der Waals surface area contributed by atoms with Gasteiger partial charge in [-0.3, -0.25) is 4.79 Å². The number of hydrogen-bond acceptors (Lipinski definition) is 5. The SMILES string of the molecule is COCC(=O)N=Nc1c(O)n(C2CSC2)c2c(F)cc(F)cc12. The molecular formula is C14H13F2N3O3S. The van der Waals surface area contributed by atoms with Gasteiger partial charge < -0.3 is 14.4 Å². The van der Waals surface area contributed by atoms with Crippen LogP contribution >= 0.6 is 11.8 Å². The lowest BCUT2D eigenvalue weighted by Gasteiger charge is -2.27. The van der Waals surface area contributed by atoms with E-state index in [-0.39, 0.29) is 35.1 Å². The van der Waals surface area contributed by atoms with E-state index in [2.05, 4.69) is 15.0 Å². The van der Waals surface area contributed by atoms with Crippen LogP contribution in [0.15, 0.2) is 22.4 Å². The van der Waals surface area contributed by atoms with Gasteiger partial charge in [-0.15, -0.1) is 10.2 Å². The maximum absolute atomic E-state index is 14.2. The maximum Gasteiger partial charge on any atom is 0.290 e. The number of aromatic hydroxyl groups is 1. The lowest BCUT2D eigenvalue weighted by Crippen LogP contribution is -2.22. The molecule has 2 heterocycles. The van der Waals surface area contributed by atoms with Crippen LogP contribution in [0.25, 0.3) is 10.9 Å². The van der Waals surface area contributed by atoms with Gasteiger partial charge in [0, 0.05) is 30.1 Å². The van der Waals surface area contributed by atoms with E-state index >= 15 is 0 Å². The number of thioether (sulfide) groups is 1. The number of aromatic nitrogens is 1. The number of amides is 1. The van der Waals surface area contributed by atoms with Crippen LogP contribution in [0.3, 0.4) is 0 Å². The van der Waals surface area contributed by atoms with Crippen molar-refractivity contribution in [1.82, 2.24) is 4.57 Å². The third kappa shape index (κ3) is 2.81. The second-order valence-corrected chi connectivity index (χ2v) is 6.12. The van der Waals surface area contributed by atoms with Crippen LogP contribution in [0, 0.1) is 11.6 Å². The number of rotatable bonds is 4. The Morgan fingerprint density at radius 3 is 2.83 bits per heavy atom. The van der Waals surface area contributed by atoms with Gasteiger partial charge in [-0.1, -0.05) is 0 Å². The smallest absolute Gasteiger partial charge is 0.290 e. The molecular weight excluding hydrogens is 328 g/mol. The number of benzene rings is 1. The highest BCUT2D eigenvalue weighted by Crippen LogP contribution is 2.45. The van der Waals surface area contributed by atoms with Gasteiger partial charge >= 0.3 is 0 Å². The molecule has 1 aliphatic rings. The fourth-order valence-electron chi connectivity index (χ4n) is 2.42. The van der Waals surface area contributed by atoms with Crippen LogP contribution in [-0.2, 0) is 9.53 Å². The molecule has 1 saturated heterocycles. The minimum Gasteiger partial charge on any atom is -0.493 e. The van der Waals surface area contributed by atoms with Crippen molar-refractivity contribution in [3.05, 3.63) is 23.8 Å². The molecule has 0 atom stereocenters. The normalized spacial score (nSPS) is 15.4. The van der Waals surface area contributed by atoms with Crippen LogP contribution in [0.2, 0.25) is 0 Å². The van der Waals surface area contributed by atoms with E-state index < -0.39 is 17.5 Å². The summed E-state index contributed by atoms with van der Waals surface area (Å²) in [6.45, 7) is -0.273. The zero-order valence-electron chi connectivity index (χ0n) is 12.1. The van der Waals surface area contributed by atoms with Crippen molar-refractivity contribution in [2.75, 3.05) is 25.2 Å². The average Bonchev–Trinajstić information content (AvgIpc) is 2.68. The van der Waals surface area contributed by atoms with Crippen LogP contribution in [0.4, 0.5) is 14.5 Å². The van der Waals surface area contributed by atoms with Crippen LogP contribution in [0.5, 0.6) is 5.88 Å². The molecule has 122 valence electrons. The van der Waals surface area contributed by atoms with Crippen molar-refractivity contribution in [3.63, 3.8) is 0 Å². The van der Waals surface area contributed by atoms with Crippen molar-refractivity contribution < 1.29 is 23.4 Å². The van der Waals surface area contributed by atoms with Crippen LogP contribution in [-0.4, -0.2) is 40.8 Å². The summed E-state index contributed by atoms with van der Waals surface area (Å²) in [5.41, 5.74) is -0.0675. The van der Waals surface area contributed by atoms with E-state index in [1.165, 1.54) is 11.7 Å². The van der Waals surface area contributed by atoms with Crippen LogP contribution in [0.1, 0.15) is 6.04 Å². The van der Waals surface area contributed by atoms with E-state index in [1.54, 1.807) is 11.8 Å². The van der Waals surface area contributed by atoms with Gasteiger partial charge in [-0.25, -0.2) is 8.78 Å². The number of carbonyl (C=O) groups is 1. The van der Waals surface area contributed by atoms with Crippen LogP contribution < -0.4 is 0 Å². The van der Waals surface area contributed by atoms with E-state index in [0.717, 1.165) is 12.1 Å². The molecule has 0 saturated carbocycles. The molecule has 3 rings (SSSR count). The first-order valence-corrected chi connectivity index (χ1v) is 7.91. The number of hydrogen-bond donors (Lipinski definition) is 1. The molecule has 1 amide bonds. The van der Waals surface area contributed by atoms with Gasteiger partial charge in [0.2, 0.25) is 5.88 Å². The van der Waals surface area contributed by atoms with E-state index in [4.69, 9.17) is 0 Å². The first-order valence-electron chi connectivity index (χ1n) is 6.76. The fraction of sp³-hybridized carbons (Fsp3) is 0.357. The van der Waals surface area contributed by atoms with E-state index in [0.29, 0.717) is 11.5 Å². The molecule has 1 aromatic carbocycles. The minimum atomic E-state index is -0.796.